The minimum atomic E-state index is -0.808. The maximum Gasteiger partial charge on any atom is 0.336 e. The number of amides is 1. The van der Waals surface area contributed by atoms with Crippen molar-refractivity contribution in [3.8, 4) is 11.8 Å². The van der Waals surface area contributed by atoms with Crippen LogP contribution in [0, 0.1) is 11.3 Å². The number of rotatable bonds is 4. The molecule has 26 heavy (non-hydrogen) atoms. The number of hydrogen-bond donors (Lipinski definition) is 1. The zero-order chi connectivity index (χ0) is 18.7. The van der Waals surface area contributed by atoms with Crippen molar-refractivity contribution in [1.29, 1.82) is 5.26 Å². The van der Waals surface area contributed by atoms with Crippen LogP contribution < -0.4 is 15.7 Å². The number of nitrogens with zero attached hydrogens (tertiary/aromatic N) is 1. The molecule has 0 spiro atoms. The molecule has 1 N–H and O–H groups in total. The van der Waals surface area contributed by atoms with E-state index in [0.29, 0.717) is 22.6 Å². The van der Waals surface area contributed by atoms with Crippen LogP contribution in [0.1, 0.15) is 12.5 Å². The Labute approximate surface area is 153 Å². The molecule has 130 valence electrons. The lowest BCUT2D eigenvalue weighted by Gasteiger charge is -2.15. The van der Waals surface area contributed by atoms with Gasteiger partial charge in [0.2, 0.25) is 0 Å². The third-order valence-corrected chi connectivity index (χ3v) is 3.95. The molecule has 0 unspecified atom stereocenters. The minimum Gasteiger partial charge on any atom is -0.481 e. The third kappa shape index (κ3) is 3.85. The highest BCUT2D eigenvalue weighted by Gasteiger charge is 2.16. The van der Waals surface area contributed by atoms with Crippen LogP contribution in [-0.4, -0.2) is 12.0 Å². The molecule has 0 radical (unpaired) electrons. The topological polar surface area (TPSA) is 92.3 Å². The van der Waals surface area contributed by atoms with Crippen LogP contribution in [0.25, 0.3) is 11.0 Å². The molecule has 6 nitrogen and oxygen atoms in total. The normalized spacial score (nSPS) is 11.6. The van der Waals surface area contributed by atoms with Gasteiger partial charge in [-0.15, -0.1) is 0 Å². The summed E-state index contributed by atoms with van der Waals surface area (Å²) in [5.41, 5.74) is 0.699. The Balaban J connectivity index is 1.72. The summed E-state index contributed by atoms with van der Waals surface area (Å²) in [7, 11) is 0. The SMILES string of the molecule is C[C@@H](Oc1ccc2ccc(=O)oc2c1)C(=O)Nc1ccc(C#N)c(Cl)c1. The lowest BCUT2D eigenvalue weighted by molar-refractivity contribution is -0.122. The number of carbonyl (C=O) groups is 1. The predicted octanol–water partition coefficient (Wildman–Crippen LogP) is 3.72. The van der Waals surface area contributed by atoms with Crippen LogP contribution >= 0.6 is 11.6 Å². The molecule has 7 heteroatoms. The highest BCUT2D eigenvalue weighted by molar-refractivity contribution is 6.32. The van der Waals surface area contributed by atoms with E-state index in [2.05, 4.69) is 5.32 Å². The maximum atomic E-state index is 12.3. The summed E-state index contributed by atoms with van der Waals surface area (Å²) in [6.07, 6.45) is -0.808. The first-order valence-electron chi connectivity index (χ1n) is 7.67. The highest BCUT2D eigenvalue weighted by atomic mass is 35.5. The summed E-state index contributed by atoms with van der Waals surface area (Å²) in [5.74, 6) is 0.00717. The van der Waals surface area contributed by atoms with E-state index in [4.69, 9.17) is 26.0 Å². The standard InChI is InChI=1S/C19H13ClN2O4/c1-11(19(24)22-14-5-2-13(10-21)16(20)8-14)25-15-6-3-12-4-7-18(23)26-17(12)9-15/h2-9,11H,1H3,(H,22,24)/t11-/m1/s1. The molecule has 1 amide bonds. The second-order valence-electron chi connectivity index (χ2n) is 5.51. The fourth-order valence-electron chi connectivity index (χ4n) is 2.30. The molecule has 0 aliphatic carbocycles. The smallest absolute Gasteiger partial charge is 0.336 e. The molecule has 0 saturated heterocycles. The number of halogens is 1. The molecule has 3 aromatic rings. The van der Waals surface area contributed by atoms with Gasteiger partial charge >= 0.3 is 5.63 Å². The van der Waals surface area contributed by atoms with Crippen molar-refractivity contribution in [2.75, 3.05) is 5.32 Å². The first-order valence-corrected chi connectivity index (χ1v) is 8.05. The van der Waals surface area contributed by atoms with Gasteiger partial charge in [-0.1, -0.05) is 11.6 Å². The van der Waals surface area contributed by atoms with E-state index < -0.39 is 11.7 Å². The number of anilines is 1. The van der Waals surface area contributed by atoms with Crippen LogP contribution in [0.15, 0.2) is 57.7 Å². The molecule has 1 aromatic heterocycles. The van der Waals surface area contributed by atoms with Crippen LogP contribution in [0.5, 0.6) is 5.75 Å². The van der Waals surface area contributed by atoms with Gasteiger partial charge in [0.05, 0.1) is 10.6 Å². The van der Waals surface area contributed by atoms with Gasteiger partial charge in [0.1, 0.15) is 17.4 Å². The Hall–Kier alpha value is -3.30. The Morgan fingerprint density at radius 1 is 1.23 bits per heavy atom. The number of nitriles is 1. The quantitative estimate of drug-likeness (QED) is 0.708. The summed E-state index contributed by atoms with van der Waals surface area (Å²) in [6.45, 7) is 1.59. The van der Waals surface area contributed by atoms with E-state index in [1.165, 1.54) is 18.2 Å². The minimum absolute atomic E-state index is 0.253. The first-order chi connectivity index (χ1) is 12.5. The van der Waals surface area contributed by atoms with E-state index in [-0.39, 0.29) is 10.9 Å². The lowest BCUT2D eigenvalue weighted by atomic mass is 10.2. The van der Waals surface area contributed by atoms with Gasteiger partial charge in [-0.25, -0.2) is 4.79 Å². The Kier molecular flexibility index (Phi) is 4.92. The fraction of sp³-hybridized carbons (Fsp3) is 0.105. The highest BCUT2D eigenvalue weighted by Crippen LogP contribution is 2.22. The van der Waals surface area contributed by atoms with Crippen molar-refractivity contribution < 1.29 is 13.9 Å². The summed E-state index contributed by atoms with van der Waals surface area (Å²) in [4.78, 5) is 23.6. The molecule has 0 fully saturated rings. The number of nitrogens with one attached hydrogen (secondary N) is 1. The Morgan fingerprint density at radius 3 is 2.73 bits per heavy atom. The van der Waals surface area contributed by atoms with Crippen molar-refractivity contribution in [1.82, 2.24) is 0 Å². The molecular formula is C19H13ClN2O4. The van der Waals surface area contributed by atoms with E-state index in [1.54, 1.807) is 37.3 Å². The van der Waals surface area contributed by atoms with E-state index in [0.717, 1.165) is 5.39 Å². The average Bonchev–Trinajstić information content (AvgIpc) is 2.61. The first kappa shape index (κ1) is 17.5. The van der Waals surface area contributed by atoms with Crippen molar-refractivity contribution in [3.63, 3.8) is 0 Å². The zero-order valence-electron chi connectivity index (χ0n) is 13.7. The average molecular weight is 369 g/mol. The number of hydrogen-bond acceptors (Lipinski definition) is 5. The molecule has 0 aliphatic rings. The Bertz CT molecular complexity index is 1080. The molecule has 0 saturated carbocycles. The van der Waals surface area contributed by atoms with Gasteiger partial charge < -0.3 is 14.5 Å². The largest absolute Gasteiger partial charge is 0.481 e. The number of benzene rings is 2. The van der Waals surface area contributed by atoms with Gasteiger partial charge in [-0.05, 0) is 43.3 Å². The van der Waals surface area contributed by atoms with E-state index in [9.17, 15) is 9.59 Å². The number of fused-ring (bicyclic) bond motifs is 1. The van der Waals surface area contributed by atoms with Gasteiger partial charge in [-0.3, -0.25) is 4.79 Å². The van der Waals surface area contributed by atoms with Gasteiger partial charge in [-0.2, -0.15) is 5.26 Å². The molecular weight excluding hydrogens is 356 g/mol. The summed E-state index contributed by atoms with van der Waals surface area (Å²) < 4.78 is 10.7. The molecule has 2 aromatic carbocycles. The van der Waals surface area contributed by atoms with Crippen molar-refractivity contribution in [2.24, 2.45) is 0 Å². The van der Waals surface area contributed by atoms with Crippen LogP contribution in [0.3, 0.4) is 0 Å². The van der Waals surface area contributed by atoms with E-state index in [1.807, 2.05) is 6.07 Å². The van der Waals surface area contributed by atoms with Crippen molar-refractivity contribution >= 4 is 34.2 Å². The second kappa shape index (κ2) is 7.30. The monoisotopic (exact) mass is 368 g/mol. The number of ether oxygens (including phenoxy) is 1. The van der Waals surface area contributed by atoms with Crippen LogP contribution in [0.4, 0.5) is 5.69 Å². The van der Waals surface area contributed by atoms with Gasteiger partial charge in [0.25, 0.3) is 5.91 Å². The van der Waals surface area contributed by atoms with Gasteiger partial charge in [0.15, 0.2) is 6.10 Å². The molecule has 0 bridgehead atoms. The third-order valence-electron chi connectivity index (χ3n) is 3.63. The second-order valence-corrected chi connectivity index (χ2v) is 5.92. The van der Waals surface area contributed by atoms with Crippen molar-refractivity contribution in [3.05, 3.63) is 69.5 Å². The molecule has 3 rings (SSSR count). The summed E-state index contributed by atoms with van der Waals surface area (Å²) >= 11 is 5.95. The maximum absolute atomic E-state index is 12.3. The zero-order valence-corrected chi connectivity index (χ0v) is 14.4. The van der Waals surface area contributed by atoms with Crippen LogP contribution in [-0.2, 0) is 4.79 Å². The predicted molar refractivity (Wildman–Crippen MR) is 97.4 cm³/mol. The number of carbonyl (C=O) groups excluding carboxylic acids is 1. The summed E-state index contributed by atoms with van der Waals surface area (Å²) in [5, 5.41) is 12.5. The molecule has 0 aliphatic heterocycles. The van der Waals surface area contributed by atoms with Crippen molar-refractivity contribution in [2.45, 2.75) is 13.0 Å². The molecule has 1 heterocycles. The Morgan fingerprint density at radius 2 is 2.00 bits per heavy atom. The van der Waals surface area contributed by atoms with E-state index >= 15 is 0 Å². The molecule has 1 atom stereocenters. The van der Waals surface area contributed by atoms with Crippen LogP contribution in [0.2, 0.25) is 5.02 Å². The van der Waals surface area contributed by atoms with Gasteiger partial charge in [0, 0.05) is 23.2 Å². The lowest BCUT2D eigenvalue weighted by Crippen LogP contribution is -2.30. The fourth-order valence-corrected chi connectivity index (χ4v) is 2.52. The summed E-state index contributed by atoms with van der Waals surface area (Å²) in [6, 6.07) is 14.5.